The molecule has 0 aliphatic heterocycles. The SMILES string of the molecule is CC(C)(C)Nc1c(-c2ccccc2)ccn1S(=O)(=O)c1ccccc1. The quantitative estimate of drug-likeness (QED) is 0.745. The van der Waals surface area contributed by atoms with Gasteiger partial charge < -0.3 is 5.32 Å². The lowest BCUT2D eigenvalue weighted by Crippen LogP contribution is -2.29. The predicted octanol–water partition coefficient (Wildman–Crippen LogP) is 4.60. The van der Waals surface area contributed by atoms with Crippen LogP contribution in [0.5, 0.6) is 0 Å². The zero-order valence-electron chi connectivity index (χ0n) is 14.6. The van der Waals surface area contributed by atoms with Crippen molar-refractivity contribution in [3.63, 3.8) is 0 Å². The van der Waals surface area contributed by atoms with Gasteiger partial charge in [0, 0.05) is 17.3 Å². The van der Waals surface area contributed by atoms with Crippen molar-refractivity contribution in [2.24, 2.45) is 0 Å². The fraction of sp³-hybridized carbons (Fsp3) is 0.200. The number of nitrogens with zero attached hydrogens (tertiary/aromatic N) is 1. The maximum Gasteiger partial charge on any atom is 0.269 e. The molecule has 0 radical (unpaired) electrons. The highest BCUT2D eigenvalue weighted by Crippen LogP contribution is 2.33. The second-order valence-corrected chi connectivity index (χ2v) is 8.75. The van der Waals surface area contributed by atoms with Crippen LogP contribution in [0.3, 0.4) is 0 Å². The van der Waals surface area contributed by atoms with Gasteiger partial charge in [0.2, 0.25) is 0 Å². The Hall–Kier alpha value is -2.53. The Morgan fingerprint density at radius 3 is 1.96 bits per heavy atom. The van der Waals surface area contributed by atoms with Gasteiger partial charge in [0.25, 0.3) is 10.0 Å². The molecule has 0 unspecified atom stereocenters. The van der Waals surface area contributed by atoms with E-state index in [2.05, 4.69) is 5.32 Å². The summed E-state index contributed by atoms with van der Waals surface area (Å²) >= 11 is 0. The number of aromatic nitrogens is 1. The van der Waals surface area contributed by atoms with E-state index in [1.807, 2.05) is 57.2 Å². The van der Waals surface area contributed by atoms with Gasteiger partial charge in [0.1, 0.15) is 5.82 Å². The first-order chi connectivity index (χ1) is 11.8. The summed E-state index contributed by atoms with van der Waals surface area (Å²) < 4.78 is 27.5. The predicted molar refractivity (Wildman–Crippen MR) is 102 cm³/mol. The second kappa shape index (κ2) is 6.41. The topological polar surface area (TPSA) is 51.1 Å². The van der Waals surface area contributed by atoms with Crippen LogP contribution in [0.4, 0.5) is 5.82 Å². The van der Waals surface area contributed by atoms with E-state index in [1.165, 1.54) is 3.97 Å². The summed E-state index contributed by atoms with van der Waals surface area (Å²) in [6, 6.07) is 20.1. The van der Waals surface area contributed by atoms with E-state index in [9.17, 15) is 8.42 Å². The maximum atomic E-state index is 13.1. The fourth-order valence-corrected chi connectivity index (χ4v) is 3.98. The van der Waals surface area contributed by atoms with E-state index >= 15 is 0 Å². The van der Waals surface area contributed by atoms with Crippen LogP contribution in [-0.2, 0) is 10.0 Å². The molecule has 0 spiro atoms. The minimum atomic E-state index is -3.68. The minimum absolute atomic E-state index is 0.266. The van der Waals surface area contributed by atoms with Crippen molar-refractivity contribution in [2.75, 3.05) is 5.32 Å². The first-order valence-corrected chi connectivity index (χ1v) is 9.59. The van der Waals surface area contributed by atoms with Gasteiger partial charge in [0.15, 0.2) is 0 Å². The van der Waals surface area contributed by atoms with Gasteiger partial charge in [-0.25, -0.2) is 12.4 Å². The van der Waals surface area contributed by atoms with E-state index in [1.54, 1.807) is 36.5 Å². The summed E-state index contributed by atoms with van der Waals surface area (Å²) in [7, 11) is -3.68. The Balaban J connectivity index is 2.20. The molecule has 5 heteroatoms. The van der Waals surface area contributed by atoms with Crippen LogP contribution in [0.1, 0.15) is 20.8 Å². The highest BCUT2D eigenvalue weighted by atomic mass is 32.2. The van der Waals surface area contributed by atoms with Crippen molar-refractivity contribution in [2.45, 2.75) is 31.2 Å². The molecular weight excluding hydrogens is 332 g/mol. The van der Waals surface area contributed by atoms with E-state index in [0.29, 0.717) is 5.82 Å². The smallest absolute Gasteiger partial charge is 0.269 e. The van der Waals surface area contributed by atoms with E-state index < -0.39 is 10.0 Å². The van der Waals surface area contributed by atoms with Crippen LogP contribution in [0.15, 0.2) is 77.8 Å². The van der Waals surface area contributed by atoms with Crippen LogP contribution in [0, 0.1) is 0 Å². The molecule has 0 atom stereocenters. The van der Waals surface area contributed by atoms with Crippen LogP contribution in [-0.4, -0.2) is 17.9 Å². The molecule has 0 fully saturated rings. The molecule has 3 rings (SSSR count). The van der Waals surface area contributed by atoms with Gasteiger partial charge in [-0.3, -0.25) is 0 Å². The summed E-state index contributed by atoms with van der Waals surface area (Å²) in [6.07, 6.45) is 1.61. The average molecular weight is 354 g/mol. The first kappa shape index (κ1) is 17.3. The van der Waals surface area contributed by atoms with Gasteiger partial charge in [-0.15, -0.1) is 0 Å². The number of benzene rings is 2. The summed E-state index contributed by atoms with van der Waals surface area (Å²) in [5, 5.41) is 3.36. The third-order valence-electron chi connectivity index (χ3n) is 3.73. The molecule has 4 nitrogen and oxygen atoms in total. The standard InChI is InChI=1S/C20H22N2O2S/c1-20(2,3)21-19-18(16-10-6-4-7-11-16)14-15-22(19)25(23,24)17-12-8-5-9-13-17/h4-15,21H,1-3H3. The lowest BCUT2D eigenvalue weighted by molar-refractivity contribution is 0.585. The Kier molecular flexibility index (Phi) is 4.43. The Morgan fingerprint density at radius 1 is 0.840 bits per heavy atom. The molecule has 3 aromatic rings. The molecule has 0 bridgehead atoms. The zero-order valence-corrected chi connectivity index (χ0v) is 15.4. The molecule has 2 aromatic carbocycles. The molecule has 0 saturated heterocycles. The number of anilines is 1. The highest BCUT2D eigenvalue weighted by molar-refractivity contribution is 7.90. The monoisotopic (exact) mass is 354 g/mol. The van der Waals surface area contributed by atoms with Crippen LogP contribution >= 0.6 is 0 Å². The van der Waals surface area contributed by atoms with Crippen molar-refractivity contribution in [3.8, 4) is 11.1 Å². The molecule has 0 amide bonds. The van der Waals surface area contributed by atoms with Crippen molar-refractivity contribution in [3.05, 3.63) is 72.9 Å². The average Bonchev–Trinajstić information content (AvgIpc) is 2.99. The zero-order chi connectivity index (χ0) is 18.1. The summed E-state index contributed by atoms with van der Waals surface area (Å²) in [4.78, 5) is 0.266. The van der Waals surface area contributed by atoms with Gasteiger partial charge in [-0.05, 0) is 44.5 Å². The van der Waals surface area contributed by atoms with Gasteiger partial charge >= 0.3 is 0 Å². The summed E-state index contributed by atoms with van der Waals surface area (Å²) in [5.41, 5.74) is 1.54. The van der Waals surface area contributed by atoms with Gasteiger partial charge in [0.05, 0.1) is 4.90 Å². The Labute approximate surface area is 149 Å². The molecule has 0 aliphatic carbocycles. The summed E-state index contributed by atoms with van der Waals surface area (Å²) in [5.74, 6) is 0.572. The number of hydrogen-bond donors (Lipinski definition) is 1. The first-order valence-electron chi connectivity index (χ1n) is 8.15. The molecule has 25 heavy (non-hydrogen) atoms. The number of rotatable bonds is 4. The van der Waals surface area contributed by atoms with Gasteiger partial charge in [-0.2, -0.15) is 0 Å². The largest absolute Gasteiger partial charge is 0.366 e. The Bertz CT molecular complexity index is 954. The van der Waals surface area contributed by atoms with Crippen molar-refractivity contribution in [1.82, 2.24) is 3.97 Å². The van der Waals surface area contributed by atoms with Gasteiger partial charge in [-0.1, -0.05) is 48.5 Å². The molecule has 130 valence electrons. The number of hydrogen-bond acceptors (Lipinski definition) is 3. The van der Waals surface area contributed by atoms with E-state index in [-0.39, 0.29) is 10.4 Å². The molecular formula is C20H22N2O2S. The lowest BCUT2D eigenvalue weighted by atomic mass is 10.1. The molecule has 1 N–H and O–H groups in total. The van der Waals surface area contributed by atoms with Crippen LogP contribution < -0.4 is 5.32 Å². The van der Waals surface area contributed by atoms with E-state index in [0.717, 1.165) is 11.1 Å². The highest BCUT2D eigenvalue weighted by Gasteiger charge is 2.25. The normalized spacial score (nSPS) is 12.1. The van der Waals surface area contributed by atoms with Crippen LogP contribution in [0.2, 0.25) is 0 Å². The molecule has 0 aliphatic rings. The molecule has 0 saturated carbocycles. The third-order valence-corrected chi connectivity index (χ3v) is 5.42. The third kappa shape index (κ3) is 3.61. The Morgan fingerprint density at radius 2 is 1.40 bits per heavy atom. The van der Waals surface area contributed by atoms with Crippen molar-refractivity contribution in [1.29, 1.82) is 0 Å². The minimum Gasteiger partial charge on any atom is -0.366 e. The molecule has 1 heterocycles. The number of nitrogens with one attached hydrogen (secondary N) is 1. The second-order valence-electron chi connectivity index (χ2n) is 6.93. The van der Waals surface area contributed by atoms with Crippen LogP contribution in [0.25, 0.3) is 11.1 Å². The van der Waals surface area contributed by atoms with E-state index in [4.69, 9.17) is 0 Å². The molecule has 1 aromatic heterocycles. The van der Waals surface area contributed by atoms with Crippen molar-refractivity contribution >= 4 is 15.8 Å². The fourth-order valence-electron chi connectivity index (χ4n) is 2.65. The lowest BCUT2D eigenvalue weighted by Gasteiger charge is -2.24. The maximum absolute atomic E-state index is 13.1. The summed E-state index contributed by atoms with van der Waals surface area (Å²) in [6.45, 7) is 6.02. The van der Waals surface area contributed by atoms with Crippen molar-refractivity contribution < 1.29 is 8.42 Å².